The molecule has 0 spiro atoms. The third-order valence-electron chi connectivity index (χ3n) is 3.39. The SMILES string of the molecule is Cc1cccc(C(N)Cc2cccc(Br)c2)c1C. The van der Waals surface area contributed by atoms with Crippen molar-refractivity contribution in [3.63, 3.8) is 0 Å². The molecule has 0 aliphatic rings. The van der Waals surface area contributed by atoms with E-state index in [1.54, 1.807) is 0 Å². The van der Waals surface area contributed by atoms with Crippen LogP contribution in [0.1, 0.15) is 28.3 Å². The molecule has 1 unspecified atom stereocenters. The molecule has 1 atom stereocenters. The fourth-order valence-electron chi connectivity index (χ4n) is 2.20. The van der Waals surface area contributed by atoms with Crippen molar-refractivity contribution in [1.82, 2.24) is 0 Å². The minimum Gasteiger partial charge on any atom is -0.324 e. The van der Waals surface area contributed by atoms with Gasteiger partial charge in [-0.05, 0) is 54.7 Å². The Morgan fingerprint density at radius 1 is 1.11 bits per heavy atom. The Bertz CT molecular complexity index is 549. The van der Waals surface area contributed by atoms with Crippen LogP contribution >= 0.6 is 15.9 Å². The zero-order chi connectivity index (χ0) is 13.1. The Balaban J connectivity index is 2.22. The van der Waals surface area contributed by atoms with Crippen LogP contribution in [0.5, 0.6) is 0 Å². The molecular weight excluding hydrogens is 286 g/mol. The van der Waals surface area contributed by atoms with Gasteiger partial charge in [-0.25, -0.2) is 0 Å². The number of hydrogen-bond acceptors (Lipinski definition) is 1. The van der Waals surface area contributed by atoms with Crippen molar-refractivity contribution in [3.05, 3.63) is 69.2 Å². The van der Waals surface area contributed by atoms with Gasteiger partial charge in [-0.15, -0.1) is 0 Å². The van der Waals surface area contributed by atoms with E-state index >= 15 is 0 Å². The van der Waals surface area contributed by atoms with Gasteiger partial charge >= 0.3 is 0 Å². The number of benzene rings is 2. The Hall–Kier alpha value is -1.12. The highest BCUT2D eigenvalue weighted by Crippen LogP contribution is 2.23. The zero-order valence-electron chi connectivity index (χ0n) is 10.8. The third kappa shape index (κ3) is 3.01. The Morgan fingerprint density at radius 3 is 2.56 bits per heavy atom. The Morgan fingerprint density at radius 2 is 1.83 bits per heavy atom. The van der Waals surface area contributed by atoms with E-state index in [0.29, 0.717) is 0 Å². The normalized spacial score (nSPS) is 12.4. The fraction of sp³-hybridized carbons (Fsp3) is 0.250. The molecule has 18 heavy (non-hydrogen) atoms. The molecule has 0 heterocycles. The molecule has 1 nitrogen and oxygen atoms in total. The minimum absolute atomic E-state index is 0.0548. The lowest BCUT2D eigenvalue weighted by Crippen LogP contribution is -2.15. The predicted octanol–water partition coefficient (Wildman–Crippen LogP) is 4.31. The van der Waals surface area contributed by atoms with Gasteiger partial charge in [-0.2, -0.15) is 0 Å². The molecule has 2 rings (SSSR count). The van der Waals surface area contributed by atoms with E-state index < -0.39 is 0 Å². The van der Waals surface area contributed by atoms with Gasteiger partial charge in [0.05, 0.1) is 0 Å². The number of nitrogens with two attached hydrogens (primary N) is 1. The molecule has 0 aromatic heterocycles. The molecule has 0 saturated carbocycles. The largest absolute Gasteiger partial charge is 0.324 e. The van der Waals surface area contributed by atoms with Crippen LogP contribution in [0.2, 0.25) is 0 Å². The molecule has 0 bridgehead atoms. The van der Waals surface area contributed by atoms with E-state index in [1.165, 1.54) is 22.3 Å². The number of hydrogen-bond donors (Lipinski definition) is 1. The van der Waals surface area contributed by atoms with Gasteiger partial charge in [0.15, 0.2) is 0 Å². The standard InChI is InChI=1S/C16H18BrN/c1-11-5-3-8-15(12(11)2)16(18)10-13-6-4-7-14(17)9-13/h3-9,16H,10,18H2,1-2H3. The van der Waals surface area contributed by atoms with E-state index in [4.69, 9.17) is 5.73 Å². The molecule has 0 amide bonds. The molecule has 2 N–H and O–H groups in total. The predicted molar refractivity (Wildman–Crippen MR) is 80.7 cm³/mol. The van der Waals surface area contributed by atoms with Crippen LogP contribution in [-0.2, 0) is 6.42 Å². The lowest BCUT2D eigenvalue weighted by atomic mass is 9.94. The van der Waals surface area contributed by atoms with Crippen molar-refractivity contribution < 1.29 is 0 Å². The van der Waals surface area contributed by atoms with Gasteiger partial charge in [-0.3, -0.25) is 0 Å². The van der Waals surface area contributed by atoms with E-state index in [1.807, 2.05) is 6.07 Å². The van der Waals surface area contributed by atoms with E-state index in [-0.39, 0.29) is 6.04 Å². The second-order valence-electron chi connectivity index (χ2n) is 4.73. The van der Waals surface area contributed by atoms with Crippen LogP contribution in [0.25, 0.3) is 0 Å². The van der Waals surface area contributed by atoms with Gasteiger partial charge in [0, 0.05) is 10.5 Å². The smallest absolute Gasteiger partial charge is 0.0338 e. The van der Waals surface area contributed by atoms with Crippen LogP contribution in [0, 0.1) is 13.8 Å². The van der Waals surface area contributed by atoms with Gasteiger partial charge in [0.2, 0.25) is 0 Å². The maximum atomic E-state index is 6.33. The molecule has 2 heteroatoms. The average molecular weight is 304 g/mol. The highest BCUT2D eigenvalue weighted by Gasteiger charge is 2.10. The second kappa shape index (κ2) is 5.68. The topological polar surface area (TPSA) is 26.0 Å². The molecule has 0 fully saturated rings. The van der Waals surface area contributed by atoms with Crippen molar-refractivity contribution in [2.75, 3.05) is 0 Å². The quantitative estimate of drug-likeness (QED) is 0.898. The van der Waals surface area contributed by atoms with Crippen LogP contribution in [0.3, 0.4) is 0 Å². The third-order valence-corrected chi connectivity index (χ3v) is 3.88. The molecule has 0 aliphatic carbocycles. The highest BCUT2D eigenvalue weighted by molar-refractivity contribution is 9.10. The Labute approximate surface area is 117 Å². The van der Waals surface area contributed by atoms with Crippen LogP contribution in [-0.4, -0.2) is 0 Å². The summed E-state index contributed by atoms with van der Waals surface area (Å²) in [6.07, 6.45) is 0.865. The van der Waals surface area contributed by atoms with E-state index in [9.17, 15) is 0 Å². The van der Waals surface area contributed by atoms with Crippen molar-refractivity contribution in [2.24, 2.45) is 5.73 Å². The van der Waals surface area contributed by atoms with Gasteiger partial charge in [0.25, 0.3) is 0 Å². The maximum Gasteiger partial charge on any atom is 0.0338 e. The second-order valence-corrected chi connectivity index (χ2v) is 5.65. The summed E-state index contributed by atoms with van der Waals surface area (Å²) in [5, 5.41) is 0. The molecule has 2 aromatic rings. The number of rotatable bonds is 3. The van der Waals surface area contributed by atoms with Crippen molar-refractivity contribution in [2.45, 2.75) is 26.3 Å². The maximum absolute atomic E-state index is 6.33. The van der Waals surface area contributed by atoms with Crippen LogP contribution in [0.15, 0.2) is 46.9 Å². The van der Waals surface area contributed by atoms with Gasteiger partial charge in [-0.1, -0.05) is 46.3 Å². The summed E-state index contributed by atoms with van der Waals surface area (Å²) in [5.41, 5.74) is 11.4. The Kier molecular flexibility index (Phi) is 4.20. The van der Waals surface area contributed by atoms with Crippen molar-refractivity contribution >= 4 is 15.9 Å². The summed E-state index contributed by atoms with van der Waals surface area (Å²) in [6.45, 7) is 4.27. The average Bonchev–Trinajstić information content (AvgIpc) is 2.32. The first-order valence-corrected chi connectivity index (χ1v) is 6.93. The van der Waals surface area contributed by atoms with E-state index in [0.717, 1.165) is 10.9 Å². The minimum atomic E-state index is 0.0548. The summed E-state index contributed by atoms with van der Waals surface area (Å²) < 4.78 is 1.10. The summed E-state index contributed by atoms with van der Waals surface area (Å²) in [7, 11) is 0. The molecule has 94 valence electrons. The molecular formula is C16H18BrN. The summed E-state index contributed by atoms with van der Waals surface area (Å²) in [6, 6.07) is 14.7. The monoisotopic (exact) mass is 303 g/mol. The lowest BCUT2D eigenvalue weighted by Gasteiger charge is -2.16. The van der Waals surface area contributed by atoms with Crippen molar-refractivity contribution in [3.8, 4) is 0 Å². The molecule has 0 radical (unpaired) electrons. The van der Waals surface area contributed by atoms with Gasteiger partial charge < -0.3 is 5.73 Å². The number of halogens is 1. The van der Waals surface area contributed by atoms with Gasteiger partial charge in [0.1, 0.15) is 0 Å². The lowest BCUT2D eigenvalue weighted by molar-refractivity contribution is 0.715. The van der Waals surface area contributed by atoms with Crippen LogP contribution < -0.4 is 5.73 Å². The zero-order valence-corrected chi connectivity index (χ0v) is 12.4. The molecule has 0 saturated heterocycles. The van der Waals surface area contributed by atoms with E-state index in [2.05, 4.69) is 66.2 Å². The first kappa shape index (κ1) is 13.3. The number of aryl methyl sites for hydroxylation is 1. The summed E-state index contributed by atoms with van der Waals surface area (Å²) >= 11 is 3.49. The first-order chi connectivity index (χ1) is 8.58. The first-order valence-electron chi connectivity index (χ1n) is 6.14. The summed E-state index contributed by atoms with van der Waals surface area (Å²) in [5.74, 6) is 0. The molecule has 0 aliphatic heterocycles. The van der Waals surface area contributed by atoms with Crippen LogP contribution in [0.4, 0.5) is 0 Å². The molecule has 2 aromatic carbocycles. The summed E-state index contributed by atoms with van der Waals surface area (Å²) in [4.78, 5) is 0. The highest BCUT2D eigenvalue weighted by atomic mass is 79.9. The fourth-order valence-corrected chi connectivity index (χ4v) is 2.65. The van der Waals surface area contributed by atoms with Crippen molar-refractivity contribution in [1.29, 1.82) is 0 Å².